The number of carboxylic acid groups (broad SMARTS) is 1. The normalized spacial score (nSPS) is 10.5. The molecule has 1 aromatic carbocycles. The second-order valence-electron chi connectivity index (χ2n) is 4.93. The van der Waals surface area contributed by atoms with Gasteiger partial charge in [-0.25, -0.2) is 9.78 Å². The Labute approximate surface area is 140 Å². The molecule has 8 nitrogen and oxygen atoms in total. The molecule has 0 aliphatic rings. The van der Waals surface area contributed by atoms with Crippen LogP contribution in [0.5, 0.6) is 0 Å². The van der Waals surface area contributed by atoms with Crippen LogP contribution in [0.1, 0.15) is 31.4 Å². The number of aromatic carboxylic acids is 1. The number of amides is 1. The molecule has 0 bridgehead atoms. The van der Waals surface area contributed by atoms with Crippen LogP contribution in [-0.2, 0) is 6.54 Å². The Morgan fingerprint density at radius 1 is 1.29 bits per heavy atom. The van der Waals surface area contributed by atoms with Gasteiger partial charge >= 0.3 is 5.97 Å². The van der Waals surface area contributed by atoms with Gasteiger partial charge in [0.1, 0.15) is 4.88 Å². The van der Waals surface area contributed by atoms with Crippen molar-refractivity contribution >= 4 is 23.2 Å². The lowest BCUT2D eigenvalue weighted by Gasteiger charge is -2.03. The van der Waals surface area contributed by atoms with Crippen LogP contribution in [0, 0.1) is 6.92 Å². The predicted octanol–water partition coefficient (Wildman–Crippen LogP) is 1.66. The number of carbonyl (C=O) groups is 2. The molecule has 0 saturated heterocycles. The Balaban J connectivity index is 1.75. The Morgan fingerprint density at radius 2 is 2.04 bits per heavy atom. The van der Waals surface area contributed by atoms with Crippen molar-refractivity contribution in [1.82, 2.24) is 25.3 Å². The zero-order valence-corrected chi connectivity index (χ0v) is 13.4. The molecule has 0 fully saturated rings. The van der Waals surface area contributed by atoms with Crippen LogP contribution in [-0.4, -0.2) is 37.0 Å². The molecule has 3 rings (SSSR count). The summed E-state index contributed by atoms with van der Waals surface area (Å²) in [6.45, 7) is 2.13. The van der Waals surface area contributed by atoms with Crippen LogP contribution in [0.25, 0.3) is 5.13 Å². The monoisotopic (exact) mass is 343 g/mol. The molecule has 9 heteroatoms. The third-order valence-electron chi connectivity index (χ3n) is 3.20. The van der Waals surface area contributed by atoms with E-state index in [1.165, 1.54) is 10.9 Å². The summed E-state index contributed by atoms with van der Waals surface area (Å²) in [6.07, 6.45) is 1.26. The number of nitrogens with one attached hydrogen (secondary N) is 1. The van der Waals surface area contributed by atoms with Crippen molar-refractivity contribution in [3.63, 3.8) is 0 Å². The number of carboxylic acids is 1. The lowest BCUT2D eigenvalue weighted by molar-refractivity contribution is 0.0690. The molecule has 3 aromatic rings. The van der Waals surface area contributed by atoms with E-state index in [1.54, 1.807) is 6.92 Å². The van der Waals surface area contributed by atoms with Gasteiger partial charge in [-0.05, 0) is 12.5 Å². The highest BCUT2D eigenvalue weighted by atomic mass is 32.1. The van der Waals surface area contributed by atoms with Crippen molar-refractivity contribution in [2.45, 2.75) is 13.5 Å². The number of hydrogen-bond acceptors (Lipinski definition) is 6. The van der Waals surface area contributed by atoms with Gasteiger partial charge < -0.3 is 10.4 Å². The molecule has 0 aliphatic heterocycles. The smallest absolute Gasteiger partial charge is 0.358 e. The Bertz CT molecular complexity index is 888. The maximum Gasteiger partial charge on any atom is 0.358 e. The van der Waals surface area contributed by atoms with Gasteiger partial charge in [-0.1, -0.05) is 46.9 Å². The van der Waals surface area contributed by atoms with Crippen LogP contribution in [0.3, 0.4) is 0 Å². The van der Waals surface area contributed by atoms with Crippen molar-refractivity contribution in [3.05, 3.63) is 58.4 Å². The number of carbonyl (C=O) groups excluding carboxylic acids is 1. The summed E-state index contributed by atoms with van der Waals surface area (Å²) in [7, 11) is 0. The summed E-state index contributed by atoms with van der Waals surface area (Å²) >= 11 is 1.13. The van der Waals surface area contributed by atoms with E-state index in [1.807, 2.05) is 30.3 Å². The van der Waals surface area contributed by atoms with Gasteiger partial charge in [-0.2, -0.15) is 4.68 Å². The maximum atomic E-state index is 12.3. The van der Waals surface area contributed by atoms with E-state index in [2.05, 4.69) is 20.6 Å². The van der Waals surface area contributed by atoms with Gasteiger partial charge in [0.2, 0.25) is 5.13 Å². The van der Waals surface area contributed by atoms with Gasteiger partial charge in [-0.3, -0.25) is 4.79 Å². The van der Waals surface area contributed by atoms with Gasteiger partial charge in [0.15, 0.2) is 5.69 Å². The van der Waals surface area contributed by atoms with Crippen LogP contribution in [0.2, 0.25) is 0 Å². The molecule has 0 spiro atoms. The highest BCUT2D eigenvalue weighted by Crippen LogP contribution is 2.21. The molecular weight excluding hydrogens is 330 g/mol. The first-order valence-electron chi connectivity index (χ1n) is 7.00. The van der Waals surface area contributed by atoms with E-state index in [0.29, 0.717) is 22.2 Å². The Kier molecular flexibility index (Phi) is 4.34. The van der Waals surface area contributed by atoms with Crippen LogP contribution in [0.15, 0.2) is 36.5 Å². The second-order valence-corrected chi connectivity index (χ2v) is 5.91. The number of nitrogens with zero attached hydrogens (tertiary/aromatic N) is 4. The SMILES string of the molecule is Cc1nc(-n2cc(C(=O)O)nn2)sc1C(=O)NCc1ccccc1. The lowest BCUT2D eigenvalue weighted by atomic mass is 10.2. The number of aryl methyl sites for hydroxylation is 1. The fourth-order valence-electron chi connectivity index (χ4n) is 2.00. The minimum absolute atomic E-state index is 0.182. The summed E-state index contributed by atoms with van der Waals surface area (Å²) in [4.78, 5) is 27.9. The van der Waals surface area contributed by atoms with Gasteiger partial charge in [0.25, 0.3) is 5.91 Å². The number of aromatic nitrogens is 4. The topological polar surface area (TPSA) is 110 Å². The molecule has 0 unspecified atom stereocenters. The molecule has 0 aliphatic carbocycles. The highest BCUT2D eigenvalue weighted by Gasteiger charge is 2.18. The molecule has 122 valence electrons. The molecular formula is C15H13N5O3S. The number of thiazole rings is 1. The van der Waals surface area contributed by atoms with Crippen molar-refractivity contribution in [2.75, 3.05) is 0 Å². The largest absolute Gasteiger partial charge is 0.476 e. The van der Waals surface area contributed by atoms with Crippen molar-refractivity contribution in [1.29, 1.82) is 0 Å². The van der Waals surface area contributed by atoms with Crippen molar-refractivity contribution < 1.29 is 14.7 Å². The molecule has 2 heterocycles. The Morgan fingerprint density at radius 3 is 2.71 bits per heavy atom. The molecule has 0 atom stereocenters. The molecule has 1 amide bonds. The summed E-state index contributed by atoms with van der Waals surface area (Å²) in [5.74, 6) is -1.41. The van der Waals surface area contributed by atoms with Crippen LogP contribution < -0.4 is 5.32 Å². The summed E-state index contributed by atoms with van der Waals surface area (Å²) in [5, 5.41) is 19.3. The fourth-order valence-corrected chi connectivity index (χ4v) is 2.91. The van der Waals surface area contributed by atoms with E-state index in [0.717, 1.165) is 16.9 Å². The third kappa shape index (κ3) is 3.30. The number of benzene rings is 1. The summed E-state index contributed by atoms with van der Waals surface area (Å²) < 4.78 is 1.25. The minimum Gasteiger partial charge on any atom is -0.476 e. The molecule has 0 saturated carbocycles. The average Bonchev–Trinajstić information content (AvgIpc) is 3.20. The summed E-state index contributed by atoms with van der Waals surface area (Å²) in [6, 6.07) is 9.57. The molecule has 24 heavy (non-hydrogen) atoms. The number of hydrogen-bond donors (Lipinski definition) is 2. The fraction of sp³-hybridized carbons (Fsp3) is 0.133. The molecule has 2 N–H and O–H groups in total. The van der Waals surface area contributed by atoms with Crippen LogP contribution in [0.4, 0.5) is 0 Å². The minimum atomic E-state index is -1.17. The van der Waals surface area contributed by atoms with Crippen molar-refractivity contribution in [3.8, 4) is 5.13 Å². The highest BCUT2D eigenvalue weighted by molar-refractivity contribution is 7.16. The molecule has 0 radical (unpaired) electrons. The van der Waals surface area contributed by atoms with E-state index in [-0.39, 0.29) is 11.6 Å². The van der Waals surface area contributed by atoms with E-state index in [9.17, 15) is 9.59 Å². The van der Waals surface area contributed by atoms with E-state index >= 15 is 0 Å². The van der Waals surface area contributed by atoms with Gasteiger partial charge in [0, 0.05) is 6.54 Å². The first-order valence-corrected chi connectivity index (χ1v) is 7.82. The van der Waals surface area contributed by atoms with Gasteiger partial charge in [-0.15, -0.1) is 5.10 Å². The first-order chi connectivity index (χ1) is 11.5. The zero-order valence-electron chi connectivity index (χ0n) is 12.6. The van der Waals surface area contributed by atoms with E-state index < -0.39 is 5.97 Å². The quantitative estimate of drug-likeness (QED) is 0.729. The zero-order chi connectivity index (χ0) is 17.1. The third-order valence-corrected chi connectivity index (χ3v) is 4.34. The average molecular weight is 343 g/mol. The van der Waals surface area contributed by atoms with Gasteiger partial charge in [0.05, 0.1) is 11.9 Å². The number of rotatable bonds is 5. The second kappa shape index (κ2) is 6.59. The first kappa shape index (κ1) is 15.8. The van der Waals surface area contributed by atoms with Crippen LogP contribution >= 0.6 is 11.3 Å². The molecule has 2 aromatic heterocycles. The predicted molar refractivity (Wildman–Crippen MR) is 86.3 cm³/mol. The Hall–Kier alpha value is -3.07. The maximum absolute atomic E-state index is 12.3. The summed E-state index contributed by atoms with van der Waals surface area (Å²) in [5.41, 5.74) is 1.36. The standard InChI is InChI=1S/C15H13N5O3S/c1-9-12(13(21)16-7-10-5-3-2-4-6-10)24-15(17-9)20-8-11(14(22)23)18-19-20/h2-6,8H,7H2,1H3,(H,16,21)(H,22,23). The van der Waals surface area contributed by atoms with E-state index in [4.69, 9.17) is 5.11 Å². The lowest BCUT2D eigenvalue weighted by Crippen LogP contribution is -2.22. The van der Waals surface area contributed by atoms with Crippen molar-refractivity contribution in [2.24, 2.45) is 0 Å².